The van der Waals surface area contributed by atoms with Gasteiger partial charge in [0.25, 0.3) is 5.56 Å². The summed E-state index contributed by atoms with van der Waals surface area (Å²) < 4.78 is 7.14. The van der Waals surface area contributed by atoms with Crippen molar-refractivity contribution in [3.63, 3.8) is 0 Å². The van der Waals surface area contributed by atoms with Crippen LogP contribution >= 0.6 is 0 Å². The highest BCUT2D eigenvalue weighted by molar-refractivity contribution is 5.92. The largest absolute Gasteiger partial charge is 0.496 e. The maximum atomic E-state index is 12.4. The zero-order valence-electron chi connectivity index (χ0n) is 16.7. The van der Waals surface area contributed by atoms with E-state index < -0.39 is 29.1 Å². The highest BCUT2D eigenvalue weighted by atomic mass is 16.5. The summed E-state index contributed by atoms with van der Waals surface area (Å²) in [6, 6.07) is 9.97. The molecule has 0 aliphatic rings. The van der Waals surface area contributed by atoms with Crippen molar-refractivity contribution in [2.24, 2.45) is 19.1 Å². The molecule has 0 radical (unpaired) electrons. The minimum absolute atomic E-state index is 0.201. The summed E-state index contributed by atoms with van der Waals surface area (Å²) in [6.07, 6.45) is 0.781. The summed E-state index contributed by atoms with van der Waals surface area (Å²) in [5.74, 6) is -0.980. The molecule has 0 saturated heterocycles. The summed E-state index contributed by atoms with van der Waals surface area (Å²) in [5, 5.41) is 21.2. The molecule has 1 heterocycles. The lowest BCUT2D eigenvalue weighted by Crippen LogP contribution is -2.38. The van der Waals surface area contributed by atoms with Gasteiger partial charge in [-0.3, -0.25) is 23.7 Å². The zero-order chi connectivity index (χ0) is 22.0. The van der Waals surface area contributed by atoms with Gasteiger partial charge < -0.3 is 14.9 Å². The third-order valence-corrected chi connectivity index (χ3v) is 4.92. The number of ether oxygens (including phenoxy) is 1. The van der Waals surface area contributed by atoms with Crippen LogP contribution in [0.1, 0.15) is 23.6 Å². The van der Waals surface area contributed by atoms with Gasteiger partial charge >= 0.3 is 11.7 Å². The standard InChI is InChI=1S/C21H21N3O6/c1-23-19(27)15(20(28)24(2)21(23)29)11-22-16(10-18(25)26)13-8-9-17(30-3)14-7-5-4-6-12(13)14/h4-9,11,16,27H,10H2,1-3H3,(H,25,26)/t16-/m1/s1. The van der Waals surface area contributed by atoms with Crippen LogP contribution in [0.15, 0.2) is 51.0 Å². The first-order valence-electron chi connectivity index (χ1n) is 9.05. The Morgan fingerprint density at radius 1 is 1.13 bits per heavy atom. The summed E-state index contributed by atoms with van der Waals surface area (Å²) in [4.78, 5) is 40.1. The van der Waals surface area contributed by atoms with E-state index in [9.17, 15) is 24.6 Å². The first-order valence-corrected chi connectivity index (χ1v) is 9.05. The van der Waals surface area contributed by atoms with Crippen molar-refractivity contribution < 1.29 is 19.7 Å². The van der Waals surface area contributed by atoms with Crippen LogP contribution in [0.2, 0.25) is 0 Å². The number of rotatable bonds is 6. The van der Waals surface area contributed by atoms with Crippen LogP contribution in [-0.2, 0) is 18.9 Å². The van der Waals surface area contributed by atoms with Crippen molar-refractivity contribution in [1.29, 1.82) is 0 Å². The Bertz CT molecular complexity index is 1270. The molecule has 2 aromatic carbocycles. The molecular formula is C21H21N3O6. The fourth-order valence-corrected chi connectivity index (χ4v) is 3.31. The normalized spacial score (nSPS) is 12.4. The molecule has 0 aliphatic carbocycles. The van der Waals surface area contributed by atoms with Gasteiger partial charge in [0, 0.05) is 25.7 Å². The molecule has 1 atom stereocenters. The van der Waals surface area contributed by atoms with Crippen LogP contribution < -0.4 is 16.0 Å². The van der Waals surface area contributed by atoms with Gasteiger partial charge in [-0.05, 0) is 17.0 Å². The maximum Gasteiger partial charge on any atom is 0.333 e. The maximum absolute atomic E-state index is 12.4. The molecule has 0 aliphatic heterocycles. The molecule has 156 valence electrons. The Hall–Kier alpha value is -3.88. The van der Waals surface area contributed by atoms with Crippen molar-refractivity contribution in [2.75, 3.05) is 7.11 Å². The van der Waals surface area contributed by atoms with E-state index in [0.717, 1.165) is 26.1 Å². The molecule has 0 fully saturated rings. The van der Waals surface area contributed by atoms with E-state index in [0.29, 0.717) is 11.3 Å². The Kier molecular flexibility index (Phi) is 5.72. The van der Waals surface area contributed by atoms with Crippen molar-refractivity contribution in [3.8, 4) is 11.6 Å². The SMILES string of the molecule is COc1ccc([C@@H](CC(=O)O)N=Cc2c(O)n(C)c(=O)n(C)c2=O)c2ccccc12. The molecule has 9 heteroatoms. The fourth-order valence-electron chi connectivity index (χ4n) is 3.31. The van der Waals surface area contributed by atoms with Crippen molar-refractivity contribution in [1.82, 2.24) is 9.13 Å². The second-order valence-corrected chi connectivity index (χ2v) is 6.74. The fraction of sp³-hybridized carbons (Fsp3) is 0.238. The number of aliphatic carboxylic acids is 1. The lowest BCUT2D eigenvalue weighted by atomic mass is 9.96. The van der Waals surface area contributed by atoms with Gasteiger partial charge in [-0.1, -0.05) is 30.3 Å². The molecule has 0 spiro atoms. The van der Waals surface area contributed by atoms with Gasteiger partial charge in [0.2, 0.25) is 5.88 Å². The van der Waals surface area contributed by atoms with Crippen LogP contribution in [-0.4, -0.2) is 38.6 Å². The second-order valence-electron chi connectivity index (χ2n) is 6.74. The molecule has 30 heavy (non-hydrogen) atoms. The lowest BCUT2D eigenvalue weighted by molar-refractivity contribution is -0.137. The number of aliphatic imine (C=N–C) groups is 1. The van der Waals surface area contributed by atoms with Gasteiger partial charge in [0.15, 0.2) is 0 Å². The summed E-state index contributed by atoms with van der Waals surface area (Å²) in [6.45, 7) is 0. The molecule has 9 nitrogen and oxygen atoms in total. The second kappa shape index (κ2) is 8.24. The van der Waals surface area contributed by atoms with Crippen LogP contribution in [0.4, 0.5) is 0 Å². The van der Waals surface area contributed by atoms with E-state index in [1.807, 2.05) is 24.3 Å². The Labute approximate surface area is 171 Å². The molecule has 0 amide bonds. The highest BCUT2D eigenvalue weighted by Gasteiger charge is 2.19. The topological polar surface area (TPSA) is 123 Å². The van der Waals surface area contributed by atoms with Crippen LogP contribution in [0.3, 0.4) is 0 Å². The van der Waals surface area contributed by atoms with Gasteiger partial charge in [0.1, 0.15) is 11.3 Å². The average molecular weight is 411 g/mol. The summed E-state index contributed by atoms with van der Waals surface area (Å²) in [7, 11) is 4.15. The van der Waals surface area contributed by atoms with Gasteiger partial charge in [0.05, 0.1) is 19.6 Å². The molecule has 0 unspecified atom stereocenters. The van der Waals surface area contributed by atoms with Crippen molar-refractivity contribution in [3.05, 3.63) is 68.4 Å². The van der Waals surface area contributed by atoms with Gasteiger partial charge in [-0.2, -0.15) is 0 Å². The number of carboxylic acids is 1. The zero-order valence-corrected chi connectivity index (χ0v) is 16.7. The quantitative estimate of drug-likeness (QED) is 0.594. The smallest absolute Gasteiger partial charge is 0.333 e. The van der Waals surface area contributed by atoms with Crippen molar-refractivity contribution >= 4 is 23.0 Å². The van der Waals surface area contributed by atoms with E-state index in [4.69, 9.17) is 4.74 Å². The molecule has 0 bridgehead atoms. The predicted octanol–water partition coefficient (Wildman–Crippen LogP) is 1.59. The highest BCUT2D eigenvalue weighted by Crippen LogP contribution is 2.34. The number of aromatic nitrogens is 2. The number of hydrogen-bond donors (Lipinski definition) is 2. The van der Waals surface area contributed by atoms with E-state index in [2.05, 4.69) is 4.99 Å². The number of benzene rings is 2. The lowest BCUT2D eigenvalue weighted by Gasteiger charge is -2.16. The number of nitrogens with zero attached hydrogens (tertiary/aromatic N) is 3. The van der Waals surface area contributed by atoms with Crippen LogP contribution in [0.5, 0.6) is 11.6 Å². The number of hydrogen-bond acceptors (Lipinski definition) is 6. The minimum Gasteiger partial charge on any atom is -0.496 e. The van der Waals surface area contributed by atoms with E-state index in [-0.39, 0.29) is 12.0 Å². The number of aromatic hydroxyl groups is 1. The number of fused-ring (bicyclic) bond motifs is 1. The Morgan fingerprint density at radius 2 is 1.80 bits per heavy atom. The van der Waals surface area contributed by atoms with Crippen LogP contribution in [0, 0.1) is 0 Å². The van der Waals surface area contributed by atoms with E-state index in [1.54, 1.807) is 19.2 Å². The predicted molar refractivity (Wildman–Crippen MR) is 112 cm³/mol. The average Bonchev–Trinajstić information content (AvgIpc) is 2.74. The Balaban J connectivity index is 2.17. The third-order valence-electron chi connectivity index (χ3n) is 4.92. The minimum atomic E-state index is -1.07. The number of methoxy groups -OCH3 is 1. The molecule has 0 saturated carbocycles. The summed E-state index contributed by atoms with van der Waals surface area (Å²) in [5.41, 5.74) is -0.982. The molecule has 3 aromatic rings. The Morgan fingerprint density at radius 3 is 2.43 bits per heavy atom. The first kappa shape index (κ1) is 20.8. The third kappa shape index (κ3) is 3.69. The van der Waals surface area contributed by atoms with E-state index >= 15 is 0 Å². The summed E-state index contributed by atoms with van der Waals surface area (Å²) >= 11 is 0. The van der Waals surface area contributed by atoms with Crippen molar-refractivity contribution in [2.45, 2.75) is 12.5 Å². The van der Waals surface area contributed by atoms with E-state index in [1.165, 1.54) is 14.1 Å². The van der Waals surface area contributed by atoms with Gasteiger partial charge in [-0.25, -0.2) is 4.79 Å². The number of carboxylic acid groups (broad SMARTS) is 1. The molecule has 2 N–H and O–H groups in total. The number of carbonyl (C=O) groups is 1. The first-order chi connectivity index (χ1) is 14.3. The molecular weight excluding hydrogens is 390 g/mol. The monoisotopic (exact) mass is 411 g/mol. The van der Waals surface area contributed by atoms with Crippen LogP contribution in [0.25, 0.3) is 10.8 Å². The molecule has 3 rings (SSSR count). The van der Waals surface area contributed by atoms with Gasteiger partial charge in [-0.15, -0.1) is 0 Å². The molecule has 1 aromatic heterocycles.